The van der Waals surface area contributed by atoms with Gasteiger partial charge < -0.3 is 14.8 Å². The van der Waals surface area contributed by atoms with Crippen LogP contribution in [0.3, 0.4) is 0 Å². The molecule has 1 amide bonds. The lowest BCUT2D eigenvalue weighted by atomic mass is 10.0. The first-order chi connectivity index (χ1) is 13.8. The van der Waals surface area contributed by atoms with Crippen molar-refractivity contribution in [3.8, 4) is 5.75 Å². The van der Waals surface area contributed by atoms with E-state index >= 15 is 0 Å². The lowest BCUT2D eigenvalue weighted by molar-refractivity contribution is -0.152. The molecule has 5 nitrogen and oxygen atoms in total. The maximum Gasteiger partial charge on any atom is 0.347 e. The summed E-state index contributed by atoms with van der Waals surface area (Å²) in [6.45, 7) is 10.1. The Morgan fingerprint density at radius 2 is 1.52 bits per heavy atom. The molecule has 0 bridgehead atoms. The number of carbonyl (C=O) groups is 2. The predicted molar refractivity (Wildman–Crippen MR) is 115 cm³/mol. The molecule has 0 aliphatic carbocycles. The Hall–Kier alpha value is -2.82. The number of rotatable bonds is 9. The van der Waals surface area contributed by atoms with E-state index in [1.165, 1.54) is 0 Å². The number of ether oxygens (including phenoxy) is 2. The molecule has 0 aromatic heterocycles. The van der Waals surface area contributed by atoms with Gasteiger partial charge >= 0.3 is 5.97 Å². The van der Waals surface area contributed by atoms with Crippen molar-refractivity contribution in [2.45, 2.75) is 53.6 Å². The molecule has 156 valence electrons. The Bertz CT molecular complexity index is 805. The lowest BCUT2D eigenvalue weighted by Gasteiger charge is -2.16. The molecule has 1 N–H and O–H groups in total. The smallest absolute Gasteiger partial charge is 0.347 e. The van der Waals surface area contributed by atoms with E-state index in [0.717, 1.165) is 29.7 Å². The zero-order valence-corrected chi connectivity index (χ0v) is 18.0. The maximum atomic E-state index is 12.7. The van der Waals surface area contributed by atoms with Crippen LogP contribution in [0.1, 0.15) is 56.1 Å². The van der Waals surface area contributed by atoms with E-state index in [2.05, 4.69) is 19.2 Å². The Kier molecular flexibility index (Phi) is 8.25. The van der Waals surface area contributed by atoms with E-state index in [1.807, 2.05) is 32.0 Å². The van der Waals surface area contributed by atoms with Crippen LogP contribution in [-0.2, 0) is 22.4 Å². The molecule has 5 heteroatoms. The molecule has 0 saturated carbocycles. The van der Waals surface area contributed by atoms with Crippen molar-refractivity contribution in [3.05, 3.63) is 59.2 Å². The quantitative estimate of drug-likeness (QED) is 0.603. The summed E-state index contributed by atoms with van der Waals surface area (Å²) in [6.07, 6.45) is 0.985. The molecule has 0 spiro atoms. The van der Waals surface area contributed by atoms with Gasteiger partial charge in [-0.25, -0.2) is 4.79 Å². The number of hydrogen-bond donors (Lipinski definition) is 1. The van der Waals surface area contributed by atoms with Gasteiger partial charge in [-0.05, 0) is 61.1 Å². The first-order valence-electron chi connectivity index (χ1n) is 10.2. The molecule has 1 atom stereocenters. The van der Waals surface area contributed by atoms with Gasteiger partial charge in [-0.15, -0.1) is 0 Å². The summed E-state index contributed by atoms with van der Waals surface area (Å²) < 4.78 is 10.8. The molecule has 0 radical (unpaired) electrons. The second-order valence-corrected chi connectivity index (χ2v) is 7.42. The maximum absolute atomic E-state index is 12.7. The summed E-state index contributed by atoms with van der Waals surface area (Å²) in [4.78, 5) is 24.7. The van der Waals surface area contributed by atoms with E-state index in [4.69, 9.17) is 9.47 Å². The van der Waals surface area contributed by atoms with Crippen LogP contribution in [0.25, 0.3) is 0 Å². The topological polar surface area (TPSA) is 64.6 Å². The van der Waals surface area contributed by atoms with Crippen LogP contribution in [0.15, 0.2) is 42.5 Å². The van der Waals surface area contributed by atoms with Crippen LogP contribution < -0.4 is 10.1 Å². The van der Waals surface area contributed by atoms with E-state index < -0.39 is 12.1 Å². The Labute approximate surface area is 173 Å². The second kappa shape index (κ2) is 10.6. The van der Waals surface area contributed by atoms with Crippen molar-refractivity contribution in [3.63, 3.8) is 0 Å². The van der Waals surface area contributed by atoms with Gasteiger partial charge in [0, 0.05) is 11.3 Å². The first-order valence-corrected chi connectivity index (χ1v) is 10.2. The zero-order valence-electron chi connectivity index (χ0n) is 18.0. The van der Waals surface area contributed by atoms with Gasteiger partial charge in [0.2, 0.25) is 0 Å². The minimum Gasteiger partial charge on any atom is -0.479 e. The number of nitrogens with one attached hydrogen (secondary N) is 1. The number of hydrogen-bond acceptors (Lipinski definition) is 4. The Morgan fingerprint density at radius 1 is 0.931 bits per heavy atom. The fourth-order valence-electron chi connectivity index (χ4n) is 2.89. The monoisotopic (exact) mass is 397 g/mol. The van der Waals surface area contributed by atoms with Gasteiger partial charge in [-0.1, -0.05) is 45.9 Å². The largest absolute Gasteiger partial charge is 0.479 e. The minimum absolute atomic E-state index is 0.170. The number of anilines is 1. The van der Waals surface area contributed by atoms with Gasteiger partial charge in [-0.3, -0.25) is 4.79 Å². The summed E-state index contributed by atoms with van der Waals surface area (Å²) in [6, 6.07) is 12.8. The van der Waals surface area contributed by atoms with Gasteiger partial charge in [-0.2, -0.15) is 0 Å². The SMILES string of the molecule is CCc1cccc(CC)c1NC(=O)c1ccc(O[C@H](C)C(=O)OCC(C)C)cc1. The molecule has 2 rings (SSSR count). The molecule has 0 unspecified atom stereocenters. The van der Waals surface area contributed by atoms with Crippen LogP contribution in [0.2, 0.25) is 0 Å². The zero-order chi connectivity index (χ0) is 21.4. The third-order valence-corrected chi connectivity index (χ3v) is 4.56. The van der Waals surface area contributed by atoms with Gasteiger partial charge in [0.25, 0.3) is 5.91 Å². The number of para-hydroxylation sites is 1. The molecule has 2 aromatic rings. The highest BCUT2D eigenvalue weighted by atomic mass is 16.6. The molecular weight excluding hydrogens is 366 g/mol. The number of amides is 1. The predicted octanol–water partition coefficient (Wildman–Crippen LogP) is 5.03. The molecule has 0 aliphatic heterocycles. The molecule has 2 aromatic carbocycles. The molecule has 29 heavy (non-hydrogen) atoms. The highest BCUT2D eigenvalue weighted by Crippen LogP contribution is 2.24. The van der Waals surface area contributed by atoms with Crippen molar-refractivity contribution in [1.82, 2.24) is 0 Å². The minimum atomic E-state index is -0.711. The molecular formula is C24H31NO4. The van der Waals surface area contributed by atoms with Crippen molar-refractivity contribution < 1.29 is 19.1 Å². The number of aryl methyl sites for hydroxylation is 2. The average molecular weight is 398 g/mol. The second-order valence-electron chi connectivity index (χ2n) is 7.42. The fraction of sp³-hybridized carbons (Fsp3) is 0.417. The summed E-state index contributed by atoms with van der Waals surface area (Å²) in [5, 5.41) is 3.05. The number of carbonyl (C=O) groups excluding carboxylic acids is 2. The van der Waals surface area contributed by atoms with Gasteiger partial charge in [0.1, 0.15) is 5.75 Å². The van der Waals surface area contributed by atoms with E-state index in [1.54, 1.807) is 31.2 Å². The summed E-state index contributed by atoms with van der Waals surface area (Å²) in [7, 11) is 0. The van der Waals surface area contributed by atoms with E-state index in [0.29, 0.717) is 17.9 Å². The van der Waals surface area contributed by atoms with Gasteiger partial charge in [0.05, 0.1) is 6.61 Å². The van der Waals surface area contributed by atoms with Crippen molar-refractivity contribution in [2.75, 3.05) is 11.9 Å². The average Bonchev–Trinajstić information content (AvgIpc) is 2.72. The molecule has 0 fully saturated rings. The van der Waals surface area contributed by atoms with Crippen LogP contribution in [0, 0.1) is 5.92 Å². The van der Waals surface area contributed by atoms with Crippen molar-refractivity contribution in [2.24, 2.45) is 5.92 Å². The summed E-state index contributed by atoms with van der Waals surface area (Å²) in [5.41, 5.74) is 3.66. The highest BCUT2D eigenvalue weighted by Gasteiger charge is 2.17. The van der Waals surface area contributed by atoms with Crippen molar-refractivity contribution in [1.29, 1.82) is 0 Å². The lowest BCUT2D eigenvalue weighted by Crippen LogP contribution is -2.27. The molecule has 0 saturated heterocycles. The van der Waals surface area contributed by atoms with E-state index in [-0.39, 0.29) is 11.8 Å². The first kappa shape index (κ1) is 22.5. The molecule has 0 heterocycles. The Balaban J connectivity index is 2.03. The third kappa shape index (κ3) is 6.34. The van der Waals surface area contributed by atoms with Crippen molar-refractivity contribution >= 4 is 17.6 Å². The third-order valence-electron chi connectivity index (χ3n) is 4.56. The standard InChI is InChI=1S/C24H31NO4/c1-6-18-9-8-10-19(7-2)22(18)25-23(26)20-11-13-21(14-12-20)29-17(5)24(27)28-15-16(3)4/h8-14,16-17H,6-7,15H2,1-5H3,(H,25,26)/t17-/m1/s1. The van der Waals surface area contributed by atoms with E-state index in [9.17, 15) is 9.59 Å². The van der Waals surface area contributed by atoms with Crippen LogP contribution >= 0.6 is 0 Å². The number of esters is 1. The van der Waals surface area contributed by atoms with Crippen LogP contribution in [0.5, 0.6) is 5.75 Å². The fourth-order valence-corrected chi connectivity index (χ4v) is 2.89. The Morgan fingerprint density at radius 3 is 2.03 bits per heavy atom. The normalized spacial score (nSPS) is 11.8. The molecule has 0 aliphatic rings. The summed E-state index contributed by atoms with van der Waals surface area (Å²) >= 11 is 0. The van der Waals surface area contributed by atoms with Crippen LogP contribution in [-0.4, -0.2) is 24.6 Å². The van der Waals surface area contributed by atoms with Gasteiger partial charge in [0.15, 0.2) is 6.10 Å². The number of benzene rings is 2. The highest BCUT2D eigenvalue weighted by molar-refractivity contribution is 6.05. The summed E-state index contributed by atoms with van der Waals surface area (Å²) in [5.74, 6) is 0.217. The van der Waals surface area contributed by atoms with Crippen LogP contribution in [0.4, 0.5) is 5.69 Å².